The van der Waals surface area contributed by atoms with Crippen molar-refractivity contribution >= 4 is 0 Å². The Morgan fingerprint density at radius 3 is 1.88 bits per heavy atom. The Bertz CT molecular complexity index is 119. The van der Waals surface area contributed by atoms with Crippen molar-refractivity contribution in [2.24, 2.45) is 5.73 Å². The molecule has 0 heterocycles. The summed E-state index contributed by atoms with van der Waals surface area (Å²) < 4.78 is 21.1. The van der Waals surface area contributed by atoms with Crippen molar-refractivity contribution in [3.8, 4) is 0 Å². The van der Waals surface area contributed by atoms with Crippen LogP contribution in [-0.4, -0.2) is 52.5 Å². The van der Waals surface area contributed by atoms with Crippen LogP contribution in [0.15, 0.2) is 0 Å². The summed E-state index contributed by atoms with van der Waals surface area (Å²) in [4.78, 5) is 0. The molecule has 0 bridgehead atoms. The van der Waals surface area contributed by atoms with Crippen LogP contribution in [0, 0.1) is 0 Å². The van der Waals surface area contributed by atoms with Crippen molar-refractivity contribution < 1.29 is 18.9 Å². The molecule has 0 saturated heterocycles. The van der Waals surface area contributed by atoms with E-state index in [0.717, 1.165) is 0 Å². The van der Waals surface area contributed by atoms with E-state index in [0.29, 0.717) is 46.2 Å². The van der Waals surface area contributed by atoms with Crippen LogP contribution < -0.4 is 5.73 Å². The zero-order chi connectivity index (χ0) is 11.4. The molecule has 0 unspecified atom stereocenters. The summed E-state index contributed by atoms with van der Waals surface area (Å²) in [6, 6.07) is 0. The van der Waals surface area contributed by atoms with E-state index in [1.165, 1.54) is 0 Å². The molecule has 0 aliphatic carbocycles. The van der Waals surface area contributed by atoms with Gasteiger partial charge in [-0.05, 0) is 13.8 Å². The lowest BCUT2D eigenvalue weighted by atomic mass is 10.6. The van der Waals surface area contributed by atoms with Crippen LogP contribution in [0.4, 0.5) is 0 Å². The molecule has 2 N–H and O–H groups in total. The Morgan fingerprint density at radius 2 is 1.41 bits per heavy atom. The Morgan fingerprint density at radius 1 is 0.882 bits per heavy atom. The second-order valence-corrected chi connectivity index (χ2v) is 2.82. The standard InChI is InChI=1S/C10H23NO4.2CH4/c1-3-14-10(15-4-2)9-13-8-7-12-6-5-11;;/h10H,3-9,11H2,1-2H3;2*1H4. The predicted molar refractivity (Wildman–Crippen MR) is 71.2 cm³/mol. The van der Waals surface area contributed by atoms with Crippen molar-refractivity contribution in [1.82, 2.24) is 0 Å². The molecular formula is C12H31NO4. The minimum absolute atomic E-state index is 0. The Balaban J connectivity index is -0.000000980. The number of rotatable bonds is 11. The number of nitrogens with two attached hydrogens (primary N) is 1. The highest BCUT2D eigenvalue weighted by Gasteiger charge is 2.06. The summed E-state index contributed by atoms with van der Waals surface area (Å²) in [7, 11) is 0. The van der Waals surface area contributed by atoms with Gasteiger partial charge in [0, 0.05) is 19.8 Å². The van der Waals surface area contributed by atoms with Crippen molar-refractivity contribution in [2.45, 2.75) is 35.0 Å². The smallest absolute Gasteiger partial charge is 0.180 e. The highest BCUT2D eigenvalue weighted by molar-refractivity contribution is 4.41. The molecule has 0 atom stereocenters. The maximum absolute atomic E-state index is 5.33. The van der Waals surface area contributed by atoms with Gasteiger partial charge in [0.1, 0.15) is 0 Å². The average Bonchev–Trinajstić information content (AvgIpc) is 2.24. The molecule has 0 spiro atoms. The zero-order valence-electron chi connectivity index (χ0n) is 9.74. The van der Waals surface area contributed by atoms with Crippen molar-refractivity contribution in [1.29, 1.82) is 0 Å². The topological polar surface area (TPSA) is 62.9 Å². The van der Waals surface area contributed by atoms with Crippen LogP contribution in [-0.2, 0) is 18.9 Å². The molecule has 0 aliphatic heterocycles. The maximum Gasteiger partial charge on any atom is 0.180 e. The van der Waals surface area contributed by atoms with Crippen molar-refractivity contribution in [3.05, 3.63) is 0 Å². The van der Waals surface area contributed by atoms with E-state index in [4.69, 9.17) is 24.7 Å². The van der Waals surface area contributed by atoms with E-state index in [2.05, 4.69) is 0 Å². The Hall–Kier alpha value is -0.200. The van der Waals surface area contributed by atoms with E-state index < -0.39 is 0 Å². The van der Waals surface area contributed by atoms with Gasteiger partial charge in [0.05, 0.1) is 26.4 Å². The fraction of sp³-hybridized carbons (Fsp3) is 1.00. The normalized spacial score (nSPS) is 9.88. The SMILES string of the molecule is C.C.CCOC(COCCOCCN)OCC. The molecule has 0 fully saturated rings. The molecule has 108 valence electrons. The first-order valence-corrected chi connectivity index (χ1v) is 5.43. The monoisotopic (exact) mass is 253 g/mol. The van der Waals surface area contributed by atoms with E-state index in [-0.39, 0.29) is 21.1 Å². The third-order valence-corrected chi connectivity index (χ3v) is 1.59. The first-order chi connectivity index (χ1) is 7.35. The van der Waals surface area contributed by atoms with Crippen LogP contribution in [0.2, 0.25) is 0 Å². The minimum Gasteiger partial charge on any atom is -0.378 e. The molecule has 0 aromatic rings. The number of hydrogen-bond acceptors (Lipinski definition) is 5. The van der Waals surface area contributed by atoms with Gasteiger partial charge in [-0.15, -0.1) is 0 Å². The molecular weight excluding hydrogens is 222 g/mol. The molecule has 0 aliphatic rings. The summed E-state index contributed by atoms with van der Waals surface area (Å²) in [6.45, 7) is 7.75. The van der Waals surface area contributed by atoms with Crippen LogP contribution in [0.3, 0.4) is 0 Å². The van der Waals surface area contributed by atoms with Gasteiger partial charge < -0.3 is 24.7 Å². The van der Waals surface area contributed by atoms with E-state index in [1.54, 1.807) is 0 Å². The van der Waals surface area contributed by atoms with Crippen molar-refractivity contribution in [3.63, 3.8) is 0 Å². The molecule has 0 rings (SSSR count). The molecule has 5 nitrogen and oxygen atoms in total. The molecule has 0 amide bonds. The van der Waals surface area contributed by atoms with Gasteiger partial charge in [0.15, 0.2) is 6.29 Å². The molecule has 0 aromatic heterocycles. The summed E-state index contributed by atoms with van der Waals surface area (Å²) in [5.41, 5.74) is 5.26. The number of hydrogen-bond donors (Lipinski definition) is 1. The molecule has 17 heavy (non-hydrogen) atoms. The highest BCUT2D eigenvalue weighted by Crippen LogP contribution is 1.96. The third kappa shape index (κ3) is 15.8. The largest absolute Gasteiger partial charge is 0.378 e. The van der Waals surface area contributed by atoms with Gasteiger partial charge in [0.25, 0.3) is 0 Å². The van der Waals surface area contributed by atoms with Crippen LogP contribution in [0.5, 0.6) is 0 Å². The maximum atomic E-state index is 5.33. The highest BCUT2D eigenvalue weighted by atomic mass is 16.7. The van der Waals surface area contributed by atoms with E-state index >= 15 is 0 Å². The fourth-order valence-corrected chi connectivity index (χ4v) is 0.999. The zero-order valence-corrected chi connectivity index (χ0v) is 9.74. The van der Waals surface area contributed by atoms with Gasteiger partial charge >= 0.3 is 0 Å². The average molecular weight is 253 g/mol. The predicted octanol–water partition coefficient (Wildman–Crippen LogP) is 1.65. The second-order valence-electron chi connectivity index (χ2n) is 2.82. The van der Waals surface area contributed by atoms with Crippen LogP contribution in [0.1, 0.15) is 28.7 Å². The molecule has 5 heteroatoms. The first-order valence-electron chi connectivity index (χ1n) is 5.43. The molecule has 0 radical (unpaired) electrons. The Labute approximate surface area is 107 Å². The van der Waals surface area contributed by atoms with Crippen LogP contribution >= 0.6 is 0 Å². The first kappa shape index (κ1) is 22.0. The van der Waals surface area contributed by atoms with Gasteiger partial charge in [-0.2, -0.15) is 0 Å². The lowest BCUT2D eigenvalue weighted by Crippen LogP contribution is -2.24. The Kier molecular flexibility index (Phi) is 23.5. The number of ether oxygens (including phenoxy) is 4. The quantitative estimate of drug-likeness (QED) is 0.448. The second kappa shape index (κ2) is 18.2. The lowest BCUT2D eigenvalue weighted by molar-refractivity contribution is -0.169. The van der Waals surface area contributed by atoms with Gasteiger partial charge in [0.2, 0.25) is 0 Å². The minimum atomic E-state index is -0.269. The van der Waals surface area contributed by atoms with Gasteiger partial charge in [-0.25, -0.2) is 0 Å². The van der Waals surface area contributed by atoms with Gasteiger partial charge in [-0.1, -0.05) is 14.9 Å². The van der Waals surface area contributed by atoms with E-state index in [9.17, 15) is 0 Å². The summed E-state index contributed by atoms with van der Waals surface area (Å²) in [5.74, 6) is 0. The van der Waals surface area contributed by atoms with Gasteiger partial charge in [-0.3, -0.25) is 0 Å². The molecule has 0 aromatic carbocycles. The van der Waals surface area contributed by atoms with E-state index in [1.807, 2.05) is 13.8 Å². The van der Waals surface area contributed by atoms with Crippen molar-refractivity contribution in [2.75, 3.05) is 46.2 Å². The van der Waals surface area contributed by atoms with Crippen LogP contribution in [0.25, 0.3) is 0 Å². The summed E-state index contributed by atoms with van der Waals surface area (Å²) in [5, 5.41) is 0. The summed E-state index contributed by atoms with van der Waals surface area (Å²) in [6.07, 6.45) is -0.269. The fourth-order valence-electron chi connectivity index (χ4n) is 0.999. The summed E-state index contributed by atoms with van der Waals surface area (Å²) >= 11 is 0. The lowest BCUT2D eigenvalue weighted by Gasteiger charge is -2.16. The molecule has 0 saturated carbocycles. The third-order valence-electron chi connectivity index (χ3n) is 1.59.